The number of hydrogen-bond acceptors (Lipinski definition) is 3. The Hall–Kier alpha value is -0.960. The van der Waals surface area contributed by atoms with Crippen LogP contribution < -0.4 is 4.74 Å². The lowest BCUT2D eigenvalue weighted by Gasteiger charge is -2.03. The van der Waals surface area contributed by atoms with Crippen LogP contribution >= 0.6 is 11.6 Å². The standard InChI is InChI=1S/C7H8ClNO2/c1-4-5(8)3-6(10)7(9-4)11-2/h3,10H,1-2H3. The first-order valence-corrected chi connectivity index (χ1v) is 3.43. The molecule has 1 rings (SSSR count). The highest BCUT2D eigenvalue weighted by atomic mass is 35.5. The lowest BCUT2D eigenvalue weighted by molar-refractivity contribution is 0.358. The summed E-state index contributed by atoms with van der Waals surface area (Å²) in [4.78, 5) is 3.89. The van der Waals surface area contributed by atoms with E-state index in [1.807, 2.05) is 0 Å². The van der Waals surface area contributed by atoms with Gasteiger partial charge in [-0.1, -0.05) is 11.6 Å². The summed E-state index contributed by atoms with van der Waals surface area (Å²) >= 11 is 5.66. The van der Waals surface area contributed by atoms with Gasteiger partial charge in [0.25, 0.3) is 5.88 Å². The van der Waals surface area contributed by atoms with Crippen molar-refractivity contribution in [2.45, 2.75) is 6.92 Å². The van der Waals surface area contributed by atoms with Crippen molar-refractivity contribution in [3.05, 3.63) is 16.8 Å². The molecule has 0 aliphatic heterocycles. The molecule has 4 heteroatoms. The number of ether oxygens (including phenoxy) is 1. The molecule has 0 bridgehead atoms. The van der Waals surface area contributed by atoms with Crippen LogP contribution in [0, 0.1) is 6.92 Å². The van der Waals surface area contributed by atoms with Crippen molar-refractivity contribution in [2.24, 2.45) is 0 Å². The number of halogens is 1. The second kappa shape index (κ2) is 2.96. The molecule has 0 aromatic carbocycles. The van der Waals surface area contributed by atoms with Gasteiger partial charge >= 0.3 is 0 Å². The number of aromatic nitrogens is 1. The van der Waals surface area contributed by atoms with E-state index < -0.39 is 0 Å². The van der Waals surface area contributed by atoms with E-state index in [1.165, 1.54) is 13.2 Å². The van der Waals surface area contributed by atoms with Crippen LogP contribution in [0.15, 0.2) is 6.07 Å². The number of pyridine rings is 1. The minimum absolute atomic E-state index is 0.0388. The minimum Gasteiger partial charge on any atom is -0.503 e. The summed E-state index contributed by atoms with van der Waals surface area (Å²) in [6, 6.07) is 1.41. The van der Waals surface area contributed by atoms with E-state index in [9.17, 15) is 0 Å². The molecule has 1 aromatic heterocycles. The Bertz CT molecular complexity index is 275. The Morgan fingerprint density at radius 3 is 2.82 bits per heavy atom. The molecule has 0 saturated heterocycles. The molecule has 0 aliphatic carbocycles. The maximum Gasteiger partial charge on any atom is 0.256 e. The number of hydrogen-bond donors (Lipinski definition) is 1. The van der Waals surface area contributed by atoms with Crippen LogP contribution in [0.4, 0.5) is 0 Å². The van der Waals surface area contributed by atoms with E-state index in [4.69, 9.17) is 21.4 Å². The van der Waals surface area contributed by atoms with E-state index in [0.717, 1.165) is 0 Å². The second-order valence-electron chi connectivity index (χ2n) is 2.08. The monoisotopic (exact) mass is 173 g/mol. The summed E-state index contributed by atoms with van der Waals surface area (Å²) in [5.74, 6) is 0.162. The fraction of sp³-hybridized carbons (Fsp3) is 0.286. The third kappa shape index (κ3) is 1.54. The number of nitrogens with zero attached hydrogens (tertiary/aromatic N) is 1. The molecule has 0 amide bonds. The summed E-state index contributed by atoms with van der Waals surface area (Å²) in [7, 11) is 1.44. The van der Waals surface area contributed by atoms with E-state index >= 15 is 0 Å². The first-order chi connectivity index (χ1) is 5.15. The fourth-order valence-corrected chi connectivity index (χ4v) is 0.845. The van der Waals surface area contributed by atoms with Crippen molar-refractivity contribution < 1.29 is 9.84 Å². The molecule has 60 valence electrons. The highest BCUT2D eigenvalue weighted by Crippen LogP contribution is 2.27. The Kier molecular flexibility index (Phi) is 2.19. The van der Waals surface area contributed by atoms with Crippen LogP contribution in [-0.4, -0.2) is 17.2 Å². The van der Waals surface area contributed by atoms with Gasteiger partial charge < -0.3 is 9.84 Å². The summed E-state index contributed by atoms with van der Waals surface area (Å²) in [5, 5.41) is 9.58. The first-order valence-electron chi connectivity index (χ1n) is 3.05. The summed E-state index contributed by atoms with van der Waals surface area (Å²) in [6.45, 7) is 1.74. The van der Waals surface area contributed by atoms with Crippen molar-refractivity contribution >= 4 is 11.6 Å². The van der Waals surface area contributed by atoms with Gasteiger partial charge in [-0.15, -0.1) is 0 Å². The zero-order chi connectivity index (χ0) is 8.43. The molecule has 0 fully saturated rings. The van der Waals surface area contributed by atoms with Crippen molar-refractivity contribution in [3.8, 4) is 11.6 Å². The smallest absolute Gasteiger partial charge is 0.256 e. The largest absolute Gasteiger partial charge is 0.503 e. The molecule has 1 N–H and O–H groups in total. The van der Waals surface area contributed by atoms with Crippen molar-refractivity contribution in [2.75, 3.05) is 7.11 Å². The zero-order valence-corrected chi connectivity index (χ0v) is 7.01. The maximum absolute atomic E-state index is 9.14. The van der Waals surface area contributed by atoms with E-state index in [0.29, 0.717) is 10.7 Å². The number of aromatic hydroxyl groups is 1. The van der Waals surface area contributed by atoms with Crippen LogP contribution in [0.1, 0.15) is 5.69 Å². The summed E-state index contributed by atoms with van der Waals surface area (Å²) < 4.78 is 4.76. The van der Waals surface area contributed by atoms with E-state index in [1.54, 1.807) is 6.92 Å². The lowest BCUT2D eigenvalue weighted by Crippen LogP contribution is -1.90. The number of rotatable bonds is 1. The summed E-state index contributed by atoms with van der Waals surface area (Å²) in [5.41, 5.74) is 0.640. The average molecular weight is 174 g/mol. The van der Waals surface area contributed by atoms with Crippen LogP contribution in [0.5, 0.6) is 11.6 Å². The van der Waals surface area contributed by atoms with Gasteiger partial charge in [-0.3, -0.25) is 0 Å². The Morgan fingerprint density at radius 1 is 1.64 bits per heavy atom. The normalized spacial score (nSPS) is 9.73. The number of aryl methyl sites for hydroxylation is 1. The third-order valence-electron chi connectivity index (χ3n) is 1.29. The van der Waals surface area contributed by atoms with Crippen LogP contribution in [0.3, 0.4) is 0 Å². The van der Waals surface area contributed by atoms with Crippen molar-refractivity contribution in [1.29, 1.82) is 0 Å². The molecule has 0 saturated carbocycles. The topological polar surface area (TPSA) is 42.4 Å². The molecule has 0 aliphatic rings. The van der Waals surface area contributed by atoms with Gasteiger partial charge in [0.2, 0.25) is 0 Å². The SMILES string of the molecule is COc1nc(C)c(Cl)cc1O. The van der Waals surface area contributed by atoms with Gasteiger partial charge in [-0.25, -0.2) is 4.98 Å². The molecule has 3 nitrogen and oxygen atoms in total. The van der Waals surface area contributed by atoms with E-state index in [-0.39, 0.29) is 11.6 Å². The van der Waals surface area contributed by atoms with Crippen LogP contribution in [-0.2, 0) is 0 Å². The molecular formula is C7H8ClNO2. The van der Waals surface area contributed by atoms with E-state index in [2.05, 4.69) is 4.98 Å². The molecule has 11 heavy (non-hydrogen) atoms. The highest BCUT2D eigenvalue weighted by Gasteiger charge is 2.05. The highest BCUT2D eigenvalue weighted by molar-refractivity contribution is 6.31. The summed E-state index contributed by atoms with van der Waals surface area (Å²) in [6.07, 6.45) is 0. The van der Waals surface area contributed by atoms with Gasteiger partial charge in [-0.05, 0) is 6.92 Å². The molecule has 0 spiro atoms. The average Bonchev–Trinajstić information content (AvgIpc) is 1.97. The van der Waals surface area contributed by atoms with Gasteiger partial charge in [0.1, 0.15) is 0 Å². The number of methoxy groups -OCH3 is 1. The van der Waals surface area contributed by atoms with Crippen LogP contribution in [0.25, 0.3) is 0 Å². The van der Waals surface area contributed by atoms with Crippen LogP contribution in [0.2, 0.25) is 5.02 Å². The molecule has 1 aromatic rings. The minimum atomic E-state index is -0.0388. The molecule has 0 radical (unpaired) electrons. The molecular weight excluding hydrogens is 166 g/mol. The van der Waals surface area contributed by atoms with Gasteiger partial charge in [-0.2, -0.15) is 0 Å². The first kappa shape index (κ1) is 8.14. The zero-order valence-electron chi connectivity index (χ0n) is 6.26. The fourth-order valence-electron chi connectivity index (χ4n) is 0.699. The second-order valence-corrected chi connectivity index (χ2v) is 2.49. The molecule has 0 unspecified atom stereocenters. The predicted octanol–water partition coefficient (Wildman–Crippen LogP) is 1.76. The predicted molar refractivity (Wildman–Crippen MR) is 42.2 cm³/mol. The molecule has 0 atom stereocenters. The van der Waals surface area contributed by atoms with Crippen molar-refractivity contribution in [3.63, 3.8) is 0 Å². The van der Waals surface area contributed by atoms with Gasteiger partial charge in [0.15, 0.2) is 5.75 Å². The quantitative estimate of drug-likeness (QED) is 0.704. The lowest BCUT2D eigenvalue weighted by atomic mass is 10.3. The van der Waals surface area contributed by atoms with Gasteiger partial charge in [0, 0.05) is 6.07 Å². The maximum atomic E-state index is 9.14. The third-order valence-corrected chi connectivity index (χ3v) is 1.67. The van der Waals surface area contributed by atoms with Gasteiger partial charge in [0.05, 0.1) is 17.8 Å². The Labute approximate surface area is 69.6 Å². The van der Waals surface area contributed by atoms with Crippen molar-refractivity contribution in [1.82, 2.24) is 4.98 Å². The Morgan fingerprint density at radius 2 is 2.27 bits per heavy atom. The Balaban J connectivity index is 3.21. The molecule has 1 heterocycles.